The molecule has 0 spiro atoms. The van der Waals surface area contributed by atoms with E-state index < -0.39 is 6.10 Å². The summed E-state index contributed by atoms with van der Waals surface area (Å²) in [5, 5.41) is 19.8. The monoisotopic (exact) mass is 306 g/mol. The zero-order chi connectivity index (χ0) is 15.1. The quantitative estimate of drug-likeness (QED) is 0.872. The molecule has 114 valence electrons. The molecule has 2 rings (SSSR count). The van der Waals surface area contributed by atoms with Gasteiger partial charge in [-0.25, -0.2) is 0 Å². The van der Waals surface area contributed by atoms with Gasteiger partial charge >= 0.3 is 0 Å². The number of nitriles is 1. The van der Waals surface area contributed by atoms with Gasteiger partial charge in [0.15, 0.2) is 0 Å². The van der Waals surface area contributed by atoms with Crippen molar-refractivity contribution in [3.8, 4) is 11.8 Å². The molecule has 0 aliphatic carbocycles. The third kappa shape index (κ3) is 4.92. The van der Waals surface area contributed by atoms with Crippen LogP contribution in [-0.4, -0.2) is 53.4 Å². The van der Waals surface area contributed by atoms with Crippen molar-refractivity contribution in [2.75, 3.05) is 32.0 Å². The van der Waals surface area contributed by atoms with Crippen LogP contribution in [0.4, 0.5) is 0 Å². The lowest BCUT2D eigenvalue weighted by molar-refractivity contribution is 0.0691. The summed E-state index contributed by atoms with van der Waals surface area (Å²) in [6, 6.07) is 9.21. The highest BCUT2D eigenvalue weighted by atomic mass is 32.2. The van der Waals surface area contributed by atoms with Crippen molar-refractivity contribution in [3.05, 3.63) is 29.8 Å². The van der Waals surface area contributed by atoms with Gasteiger partial charge in [-0.2, -0.15) is 17.0 Å². The summed E-state index contributed by atoms with van der Waals surface area (Å²) in [5.74, 6) is 1.67. The highest BCUT2D eigenvalue weighted by molar-refractivity contribution is 8.00. The first-order valence-electron chi connectivity index (χ1n) is 7.37. The van der Waals surface area contributed by atoms with E-state index >= 15 is 0 Å². The first-order chi connectivity index (χ1) is 10.2. The Morgan fingerprint density at radius 1 is 1.52 bits per heavy atom. The van der Waals surface area contributed by atoms with Crippen molar-refractivity contribution in [3.63, 3.8) is 0 Å². The number of hydrogen-bond donors (Lipinski definition) is 1. The molecule has 1 aromatic carbocycles. The average Bonchev–Trinajstić information content (AvgIpc) is 2.53. The summed E-state index contributed by atoms with van der Waals surface area (Å²) in [6.07, 6.45) is 0.640. The van der Waals surface area contributed by atoms with Crippen LogP contribution < -0.4 is 4.74 Å². The number of β-amino-alcohol motifs (C(OH)–C–C–N with tert-alkyl or cyclic N) is 1. The SMILES string of the molecule is CCC1CN(CC(O)COc2ccccc2C#N)CCS1. The largest absolute Gasteiger partial charge is 0.489 e. The number of aliphatic hydroxyl groups is 1. The van der Waals surface area contributed by atoms with Crippen molar-refractivity contribution >= 4 is 11.8 Å². The smallest absolute Gasteiger partial charge is 0.137 e. The van der Waals surface area contributed by atoms with E-state index in [1.807, 2.05) is 17.8 Å². The zero-order valence-electron chi connectivity index (χ0n) is 12.4. The molecule has 1 N–H and O–H groups in total. The molecule has 1 saturated heterocycles. The van der Waals surface area contributed by atoms with E-state index in [4.69, 9.17) is 10.00 Å². The Balaban J connectivity index is 1.79. The minimum atomic E-state index is -0.530. The van der Waals surface area contributed by atoms with Gasteiger partial charge in [-0.1, -0.05) is 19.1 Å². The van der Waals surface area contributed by atoms with Gasteiger partial charge in [0.05, 0.1) is 5.56 Å². The highest BCUT2D eigenvalue weighted by Crippen LogP contribution is 2.21. The second-order valence-electron chi connectivity index (χ2n) is 5.23. The Hall–Kier alpha value is -1.22. The van der Waals surface area contributed by atoms with E-state index in [-0.39, 0.29) is 6.61 Å². The third-order valence-electron chi connectivity index (χ3n) is 3.59. The van der Waals surface area contributed by atoms with Crippen LogP contribution in [0.2, 0.25) is 0 Å². The fraction of sp³-hybridized carbons (Fsp3) is 0.562. The lowest BCUT2D eigenvalue weighted by Gasteiger charge is -2.33. The van der Waals surface area contributed by atoms with Gasteiger partial charge in [-0.3, -0.25) is 4.90 Å². The number of ether oxygens (including phenoxy) is 1. The number of aliphatic hydroxyl groups excluding tert-OH is 1. The number of nitrogens with zero attached hydrogens (tertiary/aromatic N) is 2. The Kier molecular flexibility index (Phi) is 6.37. The summed E-state index contributed by atoms with van der Waals surface area (Å²) in [5.41, 5.74) is 0.505. The van der Waals surface area contributed by atoms with Crippen LogP contribution in [0.3, 0.4) is 0 Å². The van der Waals surface area contributed by atoms with Crippen LogP contribution in [0.15, 0.2) is 24.3 Å². The lowest BCUT2D eigenvalue weighted by atomic mass is 10.2. The predicted octanol–water partition coefficient (Wildman–Crippen LogP) is 2.13. The van der Waals surface area contributed by atoms with Crippen LogP contribution in [0, 0.1) is 11.3 Å². The number of hydrogen-bond acceptors (Lipinski definition) is 5. The highest BCUT2D eigenvalue weighted by Gasteiger charge is 2.21. The molecule has 1 fully saturated rings. The summed E-state index contributed by atoms with van der Waals surface area (Å²) >= 11 is 2.02. The van der Waals surface area contributed by atoms with Crippen LogP contribution in [0.5, 0.6) is 5.75 Å². The van der Waals surface area contributed by atoms with Crippen molar-refractivity contribution in [1.82, 2.24) is 4.90 Å². The van der Waals surface area contributed by atoms with Gasteiger partial charge in [0.2, 0.25) is 0 Å². The van der Waals surface area contributed by atoms with Gasteiger partial charge in [0, 0.05) is 30.6 Å². The maximum Gasteiger partial charge on any atom is 0.137 e. The second kappa shape index (κ2) is 8.28. The molecule has 0 aromatic heterocycles. The number of thioether (sulfide) groups is 1. The minimum Gasteiger partial charge on any atom is -0.489 e. The average molecular weight is 306 g/mol. The van der Waals surface area contributed by atoms with Crippen molar-refractivity contribution in [2.24, 2.45) is 0 Å². The normalized spacial score (nSPS) is 20.7. The molecule has 5 heteroatoms. The minimum absolute atomic E-state index is 0.221. The van der Waals surface area contributed by atoms with E-state index in [0.29, 0.717) is 23.1 Å². The molecule has 4 nitrogen and oxygen atoms in total. The van der Waals surface area contributed by atoms with Gasteiger partial charge in [0.1, 0.15) is 24.5 Å². The third-order valence-corrected chi connectivity index (χ3v) is 4.96. The molecule has 2 unspecified atom stereocenters. The molecule has 0 bridgehead atoms. The van der Waals surface area contributed by atoms with Crippen molar-refractivity contribution in [2.45, 2.75) is 24.7 Å². The lowest BCUT2D eigenvalue weighted by Crippen LogP contribution is -2.43. The van der Waals surface area contributed by atoms with Crippen LogP contribution in [-0.2, 0) is 0 Å². The topological polar surface area (TPSA) is 56.5 Å². The molecular formula is C16H22N2O2S. The predicted molar refractivity (Wildman–Crippen MR) is 85.6 cm³/mol. The van der Waals surface area contributed by atoms with E-state index in [0.717, 1.165) is 18.8 Å². The summed E-state index contributed by atoms with van der Waals surface area (Å²) in [4.78, 5) is 2.30. The molecule has 0 saturated carbocycles. The van der Waals surface area contributed by atoms with Crippen molar-refractivity contribution < 1.29 is 9.84 Å². The second-order valence-corrected chi connectivity index (χ2v) is 6.64. The Morgan fingerprint density at radius 2 is 2.33 bits per heavy atom. The molecular weight excluding hydrogens is 284 g/mol. The number of benzene rings is 1. The molecule has 0 radical (unpaired) electrons. The Labute approximate surface area is 130 Å². The first-order valence-corrected chi connectivity index (χ1v) is 8.41. The van der Waals surface area contributed by atoms with E-state index in [9.17, 15) is 5.11 Å². The summed E-state index contributed by atoms with van der Waals surface area (Å²) < 4.78 is 5.58. The fourth-order valence-electron chi connectivity index (χ4n) is 2.41. The maximum atomic E-state index is 10.1. The zero-order valence-corrected chi connectivity index (χ0v) is 13.2. The van der Waals surface area contributed by atoms with E-state index in [2.05, 4.69) is 17.9 Å². The molecule has 21 heavy (non-hydrogen) atoms. The Bertz CT molecular complexity index is 489. The maximum absolute atomic E-state index is 10.1. The van der Waals surface area contributed by atoms with Crippen LogP contribution >= 0.6 is 11.8 Å². The van der Waals surface area contributed by atoms with Gasteiger partial charge in [-0.05, 0) is 18.6 Å². The Morgan fingerprint density at radius 3 is 3.10 bits per heavy atom. The van der Waals surface area contributed by atoms with Gasteiger partial charge in [0.25, 0.3) is 0 Å². The molecule has 1 aliphatic heterocycles. The molecule has 1 heterocycles. The first kappa shape index (κ1) is 16.2. The molecule has 0 amide bonds. The van der Waals surface area contributed by atoms with Gasteiger partial charge in [-0.15, -0.1) is 0 Å². The molecule has 2 atom stereocenters. The molecule has 1 aliphatic rings. The van der Waals surface area contributed by atoms with Crippen LogP contribution in [0.25, 0.3) is 0 Å². The van der Waals surface area contributed by atoms with Gasteiger partial charge < -0.3 is 9.84 Å². The summed E-state index contributed by atoms with van der Waals surface area (Å²) in [7, 11) is 0. The van der Waals surface area contributed by atoms with Crippen molar-refractivity contribution in [1.29, 1.82) is 5.26 Å². The number of rotatable bonds is 6. The summed E-state index contributed by atoms with van der Waals surface area (Å²) in [6.45, 7) is 5.12. The van der Waals surface area contributed by atoms with Crippen LogP contribution in [0.1, 0.15) is 18.9 Å². The molecule has 1 aromatic rings. The standard InChI is InChI=1S/C16H22N2O2S/c1-2-15-11-18(7-8-21-15)10-14(19)12-20-16-6-4-3-5-13(16)9-17/h3-6,14-15,19H,2,7-8,10-12H2,1H3. The number of para-hydroxylation sites is 1. The van der Waals surface area contributed by atoms with E-state index in [1.165, 1.54) is 6.42 Å². The fourth-order valence-corrected chi connectivity index (χ4v) is 3.66. The van der Waals surface area contributed by atoms with E-state index in [1.54, 1.807) is 18.2 Å².